The Kier molecular flexibility index (Phi) is 10.3. The van der Waals surface area contributed by atoms with Crippen LogP contribution >= 0.6 is 15.9 Å². The van der Waals surface area contributed by atoms with Gasteiger partial charge in [-0.2, -0.15) is 0 Å². The molecule has 0 saturated carbocycles. The third kappa shape index (κ3) is 6.15. The van der Waals surface area contributed by atoms with Gasteiger partial charge in [-0.25, -0.2) is 4.39 Å². The Morgan fingerprint density at radius 3 is 2.40 bits per heavy atom. The Morgan fingerprint density at radius 2 is 1.79 bits per heavy atom. The summed E-state index contributed by atoms with van der Waals surface area (Å²) in [7, 11) is 3.56. The highest BCUT2D eigenvalue weighted by atomic mass is 79.9. The third-order valence-electron chi connectivity index (χ3n) is 9.45. The number of rotatable bonds is 12. The Balaban J connectivity index is 1.65. The molecule has 258 valence electrons. The second kappa shape index (κ2) is 13.6. The van der Waals surface area contributed by atoms with Crippen LogP contribution in [0.2, 0.25) is 0 Å². The van der Waals surface area contributed by atoms with Crippen LogP contribution in [0.15, 0.2) is 20.3 Å². The van der Waals surface area contributed by atoms with Crippen molar-refractivity contribution >= 4 is 27.5 Å². The molecule has 0 saturated heterocycles. The van der Waals surface area contributed by atoms with Gasteiger partial charge in [0, 0.05) is 30.1 Å². The highest BCUT2D eigenvalue weighted by molar-refractivity contribution is 9.10. The molecule has 0 unspecified atom stereocenters. The quantitative estimate of drug-likeness (QED) is 0.209. The predicted molar refractivity (Wildman–Crippen MR) is 178 cm³/mol. The molecular formula is C35H47BrFN3O7. The molecule has 1 aromatic carbocycles. The van der Waals surface area contributed by atoms with E-state index in [1.807, 2.05) is 13.8 Å². The number of benzene rings is 1. The average molecular weight is 721 g/mol. The first-order valence-corrected chi connectivity index (χ1v) is 17.4. The van der Waals surface area contributed by atoms with Gasteiger partial charge in [0.25, 0.3) is 5.88 Å². The monoisotopic (exact) mass is 719 g/mol. The van der Waals surface area contributed by atoms with Crippen molar-refractivity contribution in [2.75, 3.05) is 33.9 Å². The van der Waals surface area contributed by atoms with E-state index in [1.165, 1.54) is 0 Å². The predicted octanol–water partition coefficient (Wildman–Crippen LogP) is 6.49. The number of allylic oxidation sites excluding steroid dienone is 1. The van der Waals surface area contributed by atoms with Gasteiger partial charge in [0.15, 0.2) is 17.1 Å². The minimum atomic E-state index is -2.44. The molecule has 3 aliphatic carbocycles. The number of aliphatic hydroxyl groups excluding tert-OH is 1. The van der Waals surface area contributed by atoms with Crippen molar-refractivity contribution in [1.29, 1.82) is 0 Å². The summed E-state index contributed by atoms with van der Waals surface area (Å²) in [5.74, 6) is -3.78. The molecular weight excluding hydrogens is 673 g/mol. The summed E-state index contributed by atoms with van der Waals surface area (Å²) in [6.07, 6.45) is 3.44. The van der Waals surface area contributed by atoms with Gasteiger partial charge in [0.2, 0.25) is 5.78 Å². The van der Waals surface area contributed by atoms with E-state index in [1.54, 1.807) is 19.0 Å². The third-order valence-corrected chi connectivity index (χ3v) is 10.3. The van der Waals surface area contributed by atoms with Crippen molar-refractivity contribution in [2.24, 2.45) is 17.3 Å². The fraction of sp³-hybridized carbons (Fsp3) is 0.629. The highest BCUT2D eigenvalue weighted by Crippen LogP contribution is 2.57. The fourth-order valence-electron chi connectivity index (χ4n) is 7.13. The molecule has 12 heteroatoms. The molecule has 10 nitrogen and oxygen atoms in total. The number of hydrogen-bond donors (Lipinski definition) is 3. The second-order valence-electron chi connectivity index (χ2n) is 14.4. The van der Waals surface area contributed by atoms with E-state index >= 15 is 4.39 Å². The van der Waals surface area contributed by atoms with Crippen molar-refractivity contribution in [1.82, 2.24) is 15.4 Å². The van der Waals surface area contributed by atoms with E-state index in [0.29, 0.717) is 25.1 Å². The number of aromatic nitrogens is 1. The van der Waals surface area contributed by atoms with Crippen molar-refractivity contribution in [2.45, 2.75) is 91.3 Å². The van der Waals surface area contributed by atoms with E-state index < -0.39 is 46.6 Å². The molecule has 0 spiro atoms. The maximum atomic E-state index is 16.2. The fourth-order valence-corrected chi connectivity index (χ4v) is 7.73. The van der Waals surface area contributed by atoms with E-state index in [4.69, 9.17) is 14.0 Å². The zero-order valence-electron chi connectivity index (χ0n) is 28.4. The van der Waals surface area contributed by atoms with Crippen molar-refractivity contribution in [3.8, 4) is 11.6 Å². The van der Waals surface area contributed by atoms with E-state index in [9.17, 15) is 19.8 Å². The number of aliphatic hydroxyl groups is 2. The molecule has 0 radical (unpaired) electrons. The lowest BCUT2D eigenvalue weighted by molar-refractivity contribution is -0.0559. The lowest BCUT2D eigenvalue weighted by atomic mass is 9.58. The lowest BCUT2D eigenvalue weighted by Crippen LogP contribution is -2.59. The Morgan fingerprint density at radius 1 is 1.13 bits per heavy atom. The Labute approximate surface area is 284 Å². The van der Waals surface area contributed by atoms with Gasteiger partial charge in [0.1, 0.15) is 22.9 Å². The van der Waals surface area contributed by atoms with Crippen LogP contribution in [0.5, 0.6) is 11.6 Å². The summed E-state index contributed by atoms with van der Waals surface area (Å²) >= 11 is 3.46. The summed E-state index contributed by atoms with van der Waals surface area (Å²) < 4.78 is 34.0. The Bertz CT molecular complexity index is 1580. The van der Waals surface area contributed by atoms with Gasteiger partial charge >= 0.3 is 0 Å². The number of nitrogens with zero attached hydrogens (tertiary/aromatic N) is 2. The number of ketones is 2. The van der Waals surface area contributed by atoms with Gasteiger partial charge in [-0.05, 0) is 77.8 Å². The maximum Gasteiger partial charge on any atom is 0.265 e. The minimum Gasteiger partial charge on any atom is -0.508 e. The number of carbonyl (C=O) groups is 2. The zero-order chi connectivity index (χ0) is 34.4. The first kappa shape index (κ1) is 35.5. The number of carbonyl (C=O) groups excluding carboxylic acids is 2. The standard InChI is InChI=1S/C35H47BrFN3O7/c1-8-10-12-45-29-20(16-38-17-34(3,4)5)26(37)25(36)19-14-18-15-21-27(40(6)7)30-24(33(39-47-30)46-13-11-9-2)32(43)35(21,44)31(42)22(18)28(41)23(19)29/h18,21,27,38,42,44H,8-17H2,1-7H3/t18-,21-,27-,35-/m0/s1. The molecule has 3 N–H and O–H groups in total. The Hall–Kier alpha value is -2.80. The number of unbranched alkanes of at least 4 members (excludes halogenated alkanes) is 2. The SMILES string of the molecule is CCCCOc1noc2c1C(=O)[C@@]1(O)C(O)=C3C(=O)c4c(c(Br)c(F)c(CNCC(C)(C)C)c4OCCCC)C[C@H]3C[C@H]1[C@@H]2N(C)C. The topological polar surface area (TPSA) is 134 Å². The number of Topliss-reactive ketones (excluding diaryl/α,β-unsaturated/α-hetero) is 2. The first-order valence-electron chi connectivity index (χ1n) is 16.6. The molecule has 0 amide bonds. The van der Waals surface area contributed by atoms with Crippen molar-refractivity contribution < 1.29 is 38.2 Å². The summed E-state index contributed by atoms with van der Waals surface area (Å²) in [4.78, 5) is 30.6. The number of halogens is 2. The van der Waals surface area contributed by atoms with Crippen LogP contribution in [0, 0.1) is 23.1 Å². The van der Waals surface area contributed by atoms with Crippen LogP contribution in [-0.4, -0.2) is 71.3 Å². The molecule has 47 heavy (non-hydrogen) atoms. The van der Waals surface area contributed by atoms with Gasteiger partial charge in [-0.1, -0.05) is 47.5 Å². The van der Waals surface area contributed by atoms with Crippen LogP contribution < -0.4 is 14.8 Å². The molecule has 1 heterocycles. The van der Waals surface area contributed by atoms with Crippen LogP contribution in [0.1, 0.15) is 110 Å². The van der Waals surface area contributed by atoms with Gasteiger partial charge in [0.05, 0.1) is 29.3 Å². The molecule has 0 fully saturated rings. The zero-order valence-corrected chi connectivity index (χ0v) is 30.0. The van der Waals surface area contributed by atoms with Crippen LogP contribution in [0.3, 0.4) is 0 Å². The molecule has 0 bridgehead atoms. The summed E-state index contributed by atoms with van der Waals surface area (Å²) in [5, 5.41) is 31.6. The summed E-state index contributed by atoms with van der Waals surface area (Å²) in [6.45, 7) is 11.5. The molecule has 1 aromatic heterocycles. The number of hydrogen-bond acceptors (Lipinski definition) is 10. The number of fused-ring (bicyclic) bond motifs is 4. The van der Waals surface area contributed by atoms with Crippen LogP contribution in [-0.2, 0) is 13.0 Å². The van der Waals surface area contributed by atoms with E-state index in [2.05, 4.69) is 47.2 Å². The number of ether oxygens (including phenoxy) is 2. The average Bonchev–Trinajstić information content (AvgIpc) is 3.41. The molecule has 4 atom stereocenters. The normalized spacial score (nSPS) is 23.9. The van der Waals surface area contributed by atoms with Crippen LogP contribution in [0.25, 0.3) is 0 Å². The first-order chi connectivity index (χ1) is 22.2. The smallest absolute Gasteiger partial charge is 0.265 e. The number of nitrogens with one attached hydrogen (secondary N) is 1. The van der Waals surface area contributed by atoms with Crippen molar-refractivity contribution in [3.05, 3.63) is 49.6 Å². The summed E-state index contributed by atoms with van der Waals surface area (Å²) in [5.41, 5.74) is -1.80. The highest BCUT2D eigenvalue weighted by Gasteiger charge is 2.64. The minimum absolute atomic E-state index is 0.0339. The molecule has 2 aromatic rings. The lowest BCUT2D eigenvalue weighted by Gasteiger charge is -2.49. The van der Waals surface area contributed by atoms with Crippen molar-refractivity contribution in [3.63, 3.8) is 0 Å². The van der Waals surface area contributed by atoms with Gasteiger partial charge in [-0.3, -0.25) is 14.5 Å². The molecule has 3 aliphatic rings. The molecule has 5 rings (SSSR count). The van der Waals surface area contributed by atoms with Crippen LogP contribution in [0.4, 0.5) is 4.39 Å². The largest absolute Gasteiger partial charge is 0.508 e. The van der Waals surface area contributed by atoms with E-state index in [-0.39, 0.29) is 75.5 Å². The van der Waals surface area contributed by atoms with E-state index in [0.717, 1.165) is 19.3 Å². The maximum absolute atomic E-state index is 16.2. The summed E-state index contributed by atoms with van der Waals surface area (Å²) in [6, 6.07) is -0.673. The second-order valence-corrected chi connectivity index (χ2v) is 15.2. The molecule has 0 aliphatic heterocycles. The van der Waals surface area contributed by atoms with Gasteiger partial charge in [-0.15, -0.1) is 0 Å². The van der Waals surface area contributed by atoms with Gasteiger partial charge < -0.3 is 29.5 Å².